The molecule has 0 saturated heterocycles. The van der Waals surface area contributed by atoms with Crippen molar-refractivity contribution < 1.29 is 4.42 Å². The van der Waals surface area contributed by atoms with Gasteiger partial charge in [0.25, 0.3) is 0 Å². The van der Waals surface area contributed by atoms with Crippen LogP contribution in [0.15, 0.2) is 138 Å². The van der Waals surface area contributed by atoms with Crippen molar-refractivity contribution in [3.05, 3.63) is 133 Å². The summed E-state index contributed by atoms with van der Waals surface area (Å²) in [6.07, 6.45) is 0. The minimum absolute atomic E-state index is 0.0784. The Labute approximate surface area is 344 Å². The maximum Gasteiger partial charge on any atom is 0.164 e. The molecule has 14 radical (unpaired) electrons. The molecule has 0 unspecified atom stereocenters. The van der Waals surface area contributed by atoms with E-state index in [0.29, 0.717) is 45.2 Å². The summed E-state index contributed by atoms with van der Waals surface area (Å²) in [6.45, 7) is 0. The normalized spacial score (nSPS) is 11.6. The highest BCUT2D eigenvalue weighted by Crippen LogP contribution is 2.43. The molecule has 0 aliphatic heterocycles. The zero-order valence-electron chi connectivity index (χ0n) is 31.0. The summed E-state index contributed by atoms with van der Waals surface area (Å²) in [5, 5.41) is 5.24. The van der Waals surface area contributed by atoms with Gasteiger partial charge in [-0.3, -0.25) is 0 Å². The van der Waals surface area contributed by atoms with Crippen LogP contribution in [0.3, 0.4) is 0 Å². The Morgan fingerprint density at radius 1 is 0.328 bits per heavy atom. The molecule has 8 aromatic carbocycles. The Hall–Kier alpha value is -6.46. The molecule has 0 bridgehead atoms. The van der Waals surface area contributed by atoms with Gasteiger partial charge in [-0.1, -0.05) is 138 Å². The first-order valence-corrected chi connectivity index (χ1v) is 18.6. The molecule has 0 fully saturated rings. The van der Waals surface area contributed by atoms with Crippen LogP contribution in [0.5, 0.6) is 0 Å². The first-order chi connectivity index (χ1) is 28.2. The molecular weight excluding hydrogens is 698 g/mol. The lowest BCUT2D eigenvalue weighted by molar-refractivity contribution is 0.675. The minimum Gasteiger partial charge on any atom is -0.456 e. The molecule has 2 heterocycles. The van der Waals surface area contributed by atoms with Gasteiger partial charge in [-0.2, -0.15) is 0 Å². The van der Waals surface area contributed by atoms with Gasteiger partial charge in [0.15, 0.2) is 17.5 Å². The molecule has 0 saturated carbocycles. The van der Waals surface area contributed by atoms with E-state index in [2.05, 4.69) is 6.07 Å². The molecule has 4 nitrogen and oxygen atoms in total. The molecule has 10 aromatic rings. The summed E-state index contributed by atoms with van der Waals surface area (Å²) in [6, 6.07) is 44.0. The molecule has 0 aliphatic rings. The molecule has 11 heteroatoms. The van der Waals surface area contributed by atoms with Gasteiger partial charge >= 0.3 is 0 Å². The smallest absolute Gasteiger partial charge is 0.164 e. The van der Waals surface area contributed by atoms with Crippen molar-refractivity contribution in [2.45, 2.75) is 0 Å². The Morgan fingerprint density at radius 3 is 1.43 bits per heavy atom. The second-order valence-electron chi connectivity index (χ2n) is 14.2. The van der Waals surface area contributed by atoms with Crippen LogP contribution >= 0.6 is 0 Å². The van der Waals surface area contributed by atoms with Crippen molar-refractivity contribution in [2.75, 3.05) is 0 Å². The zero-order valence-corrected chi connectivity index (χ0v) is 31.0. The topological polar surface area (TPSA) is 51.8 Å². The van der Waals surface area contributed by atoms with Crippen LogP contribution in [0.25, 0.3) is 99.9 Å². The van der Waals surface area contributed by atoms with Crippen molar-refractivity contribution in [3.63, 3.8) is 0 Å². The largest absolute Gasteiger partial charge is 0.456 e. The maximum atomic E-state index is 7.38. The number of benzene rings is 8. The quantitative estimate of drug-likeness (QED) is 0.253. The van der Waals surface area contributed by atoms with E-state index in [4.69, 9.17) is 74.3 Å². The molecular formula is C47H22B7N3O. The van der Waals surface area contributed by atoms with Crippen LogP contribution in [0, 0.1) is 0 Å². The molecule has 0 aliphatic carbocycles. The van der Waals surface area contributed by atoms with Crippen LogP contribution in [-0.2, 0) is 0 Å². The number of fused-ring (bicyclic) bond motifs is 6. The average molecular weight is 720 g/mol. The van der Waals surface area contributed by atoms with Gasteiger partial charge in [0.2, 0.25) is 0 Å². The number of rotatable bonds is 5. The first-order valence-electron chi connectivity index (χ1n) is 18.6. The first kappa shape index (κ1) is 35.9. The molecule has 58 heavy (non-hydrogen) atoms. The summed E-state index contributed by atoms with van der Waals surface area (Å²) in [4.78, 5) is 15.0. The minimum atomic E-state index is 0.0784. The Balaban J connectivity index is 1.31. The fraction of sp³-hybridized carbons (Fsp3) is 0. The highest BCUT2D eigenvalue weighted by atomic mass is 16.3. The van der Waals surface area contributed by atoms with Gasteiger partial charge in [-0.15, -0.1) is 16.4 Å². The average Bonchev–Trinajstić information content (AvgIpc) is 3.67. The highest BCUT2D eigenvalue weighted by molar-refractivity contribution is 6.69. The van der Waals surface area contributed by atoms with E-state index >= 15 is 0 Å². The van der Waals surface area contributed by atoms with E-state index < -0.39 is 0 Å². The molecule has 0 amide bonds. The molecule has 252 valence electrons. The van der Waals surface area contributed by atoms with Crippen molar-refractivity contribution in [3.8, 4) is 56.4 Å². The van der Waals surface area contributed by atoms with Crippen LogP contribution in [0.1, 0.15) is 0 Å². The van der Waals surface area contributed by atoms with Crippen LogP contribution in [-0.4, -0.2) is 69.9 Å². The standard InChI is InChI=1S/C47H22B7N3O/c48-36-32(33-31-20-19-23-11-7-8-16-26(23)43(31)58-44(33)39(51)34(36)35-37(49)40(52)42(54)41(53)38(35)50)29-21-22-30(28-18-10-9-17-27(28)29)47-56-45(24-12-3-1-4-13-24)55-46(57-47)25-14-5-2-6-15-25/h1-22H. The SMILES string of the molecule is [B]c1c([B])c([B])c(-c2c([B])c(-c3ccc(-c4nc(-c5ccccc5)nc(-c5ccccc5)n4)c4ccccc34)c3c(oc4c5ccccc5ccc43)c2[B])c([B])c1[B]. The second-order valence-corrected chi connectivity index (χ2v) is 14.2. The number of hydrogen-bond acceptors (Lipinski definition) is 4. The monoisotopic (exact) mass is 721 g/mol. The highest BCUT2D eigenvalue weighted by Gasteiger charge is 2.26. The lowest BCUT2D eigenvalue weighted by Crippen LogP contribution is -2.56. The van der Waals surface area contributed by atoms with E-state index in [1.165, 1.54) is 0 Å². The third kappa shape index (κ3) is 5.51. The van der Waals surface area contributed by atoms with E-state index in [1.807, 2.05) is 127 Å². The van der Waals surface area contributed by atoms with Crippen molar-refractivity contribution in [2.24, 2.45) is 0 Å². The summed E-state index contributed by atoms with van der Waals surface area (Å²) in [7, 11) is 46.9. The lowest BCUT2D eigenvalue weighted by atomic mass is 9.58. The fourth-order valence-corrected chi connectivity index (χ4v) is 8.09. The number of nitrogens with zero attached hydrogens (tertiary/aromatic N) is 3. The van der Waals surface area contributed by atoms with Crippen molar-refractivity contribution in [1.82, 2.24) is 15.0 Å². The zero-order chi connectivity index (χ0) is 39.8. The van der Waals surface area contributed by atoms with Gasteiger partial charge in [0.1, 0.15) is 66.1 Å². The van der Waals surface area contributed by atoms with Gasteiger partial charge in [-0.25, -0.2) is 15.0 Å². The van der Waals surface area contributed by atoms with E-state index in [9.17, 15) is 0 Å². The number of aromatic nitrogens is 3. The van der Waals surface area contributed by atoms with E-state index in [-0.39, 0.29) is 38.3 Å². The Kier molecular flexibility index (Phi) is 8.60. The van der Waals surface area contributed by atoms with Crippen LogP contribution in [0.2, 0.25) is 0 Å². The third-order valence-corrected chi connectivity index (χ3v) is 11.0. The van der Waals surface area contributed by atoms with Crippen LogP contribution < -0.4 is 38.2 Å². The maximum absolute atomic E-state index is 7.38. The summed E-state index contributed by atoms with van der Waals surface area (Å²) >= 11 is 0. The van der Waals surface area contributed by atoms with Crippen LogP contribution in [0.4, 0.5) is 0 Å². The predicted molar refractivity (Wildman–Crippen MR) is 247 cm³/mol. The fourth-order valence-electron chi connectivity index (χ4n) is 8.09. The summed E-state index contributed by atoms with van der Waals surface area (Å²) in [5.74, 6) is 1.63. The molecule has 0 N–H and O–H groups in total. The third-order valence-electron chi connectivity index (χ3n) is 11.0. The van der Waals surface area contributed by atoms with Crippen molar-refractivity contribution >= 4 is 137 Å². The van der Waals surface area contributed by atoms with Crippen molar-refractivity contribution in [1.29, 1.82) is 0 Å². The molecule has 2 aromatic heterocycles. The molecule has 0 spiro atoms. The predicted octanol–water partition coefficient (Wildman–Crippen LogP) is 3.97. The van der Waals surface area contributed by atoms with Gasteiger partial charge < -0.3 is 4.42 Å². The second kappa shape index (κ2) is 13.9. The van der Waals surface area contributed by atoms with Gasteiger partial charge in [0.05, 0.1) is 0 Å². The van der Waals surface area contributed by atoms with E-state index in [1.54, 1.807) is 0 Å². The Bertz CT molecular complexity index is 3230. The molecule has 10 rings (SSSR count). The Morgan fingerprint density at radius 2 is 0.810 bits per heavy atom. The summed E-state index contributed by atoms with van der Waals surface area (Å²) in [5.41, 5.74) is 6.66. The lowest BCUT2D eigenvalue weighted by Gasteiger charge is -2.26. The molecule has 0 atom stereocenters. The number of furan rings is 1. The number of hydrogen-bond donors (Lipinski definition) is 0. The van der Waals surface area contributed by atoms with Gasteiger partial charge in [-0.05, 0) is 56.0 Å². The summed E-state index contributed by atoms with van der Waals surface area (Å²) < 4.78 is 6.78. The van der Waals surface area contributed by atoms with Gasteiger partial charge in [0, 0.05) is 32.8 Å². The van der Waals surface area contributed by atoms with E-state index in [0.717, 1.165) is 54.6 Å².